The monoisotopic (exact) mass is 190 g/mol. The van der Waals surface area contributed by atoms with Crippen molar-refractivity contribution in [3.8, 4) is 0 Å². The van der Waals surface area contributed by atoms with Crippen LogP contribution in [0.3, 0.4) is 0 Å². The summed E-state index contributed by atoms with van der Waals surface area (Å²) in [7, 11) is 0. The molecule has 0 fully saturated rings. The zero-order valence-electron chi connectivity index (χ0n) is 7.38. The standard InChI is InChI=1S/C9H15ClO2/c1-2-3-7-12-8-5-4-6-9(10)11/h4,6H,2-3,5,7-8H2,1H3/b6-4+. The van der Waals surface area contributed by atoms with Crippen LogP contribution in [0.1, 0.15) is 26.2 Å². The first-order chi connectivity index (χ1) is 5.77. The fourth-order valence-electron chi connectivity index (χ4n) is 0.676. The van der Waals surface area contributed by atoms with E-state index in [-0.39, 0.29) is 0 Å². The first-order valence-electron chi connectivity index (χ1n) is 4.21. The van der Waals surface area contributed by atoms with Crippen LogP contribution in [0, 0.1) is 0 Å². The molecule has 0 spiro atoms. The lowest BCUT2D eigenvalue weighted by molar-refractivity contribution is -0.107. The minimum absolute atomic E-state index is 0.427. The molecule has 0 aliphatic heterocycles. The van der Waals surface area contributed by atoms with Gasteiger partial charge < -0.3 is 4.74 Å². The molecule has 0 amide bonds. The van der Waals surface area contributed by atoms with E-state index in [0.717, 1.165) is 25.9 Å². The highest BCUT2D eigenvalue weighted by atomic mass is 35.5. The molecular weight excluding hydrogens is 176 g/mol. The molecule has 0 aromatic rings. The normalized spacial score (nSPS) is 10.8. The van der Waals surface area contributed by atoms with Gasteiger partial charge in [-0.15, -0.1) is 0 Å². The number of hydrogen-bond donors (Lipinski definition) is 0. The van der Waals surface area contributed by atoms with Crippen LogP contribution in [0.4, 0.5) is 0 Å². The van der Waals surface area contributed by atoms with E-state index in [2.05, 4.69) is 6.92 Å². The summed E-state index contributed by atoms with van der Waals surface area (Å²) in [6.07, 6.45) is 6.07. The third-order valence-electron chi connectivity index (χ3n) is 1.32. The molecule has 0 aliphatic rings. The molecule has 0 rings (SSSR count). The third-order valence-corrected chi connectivity index (χ3v) is 1.45. The number of hydrogen-bond acceptors (Lipinski definition) is 2. The Morgan fingerprint density at radius 1 is 1.50 bits per heavy atom. The van der Waals surface area contributed by atoms with Crippen molar-refractivity contribution in [2.45, 2.75) is 26.2 Å². The van der Waals surface area contributed by atoms with E-state index in [1.54, 1.807) is 6.08 Å². The highest BCUT2D eigenvalue weighted by Gasteiger charge is 1.86. The van der Waals surface area contributed by atoms with Crippen LogP contribution in [0.25, 0.3) is 0 Å². The molecule has 0 N–H and O–H groups in total. The second-order valence-electron chi connectivity index (χ2n) is 2.46. The van der Waals surface area contributed by atoms with Crippen molar-refractivity contribution in [2.75, 3.05) is 13.2 Å². The Morgan fingerprint density at radius 3 is 2.83 bits per heavy atom. The first-order valence-corrected chi connectivity index (χ1v) is 4.59. The van der Waals surface area contributed by atoms with E-state index in [1.807, 2.05) is 0 Å². The quantitative estimate of drug-likeness (QED) is 0.350. The highest BCUT2D eigenvalue weighted by Crippen LogP contribution is 1.91. The number of halogens is 1. The zero-order chi connectivity index (χ0) is 9.23. The molecule has 70 valence electrons. The van der Waals surface area contributed by atoms with Crippen LogP contribution in [0.5, 0.6) is 0 Å². The van der Waals surface area contributed by atoms with E-state index in [4.69, 9.17) is 16.3 Å². The summed E-state index contributed by atoms with van der Waals surface area (Å²) in [5.41, 5.74) is 0. The van der Waals surface area contributed by atoms with E-state index in [1.165, 1.54) is 6.08 Å². The van der Waals surface area contributed by atoms with Gasteiger partial charge in [-0.1, -0.05) is 19.4 Å². The fourth-order valence-corrected chi connectivity index (χ4v) is 0.765. The third kappa shape index (κ3) is 9.66. The van der Waals surface area contributed by atoms with Gasteiger partial charge in [0.15, 0.2) is 0 Å². The van der Waals surface area contributed by atoms with E-state index < -0.39 is 5.24 Å². The van der Waals surface area contributed by atoms with Crippen molar-refractivity contribution in [1.29, 1.82) is 0 Å². The minimum Gasteiger partial charge on any atom is -0.381 e. The Bertz CT molecular complexity index is 143. The molecule has 0 bridgehead atoms. The maximum Gasteiger partial charge on any atom is 0.244 e. The number of carbonyl (C=O) groups excluding carboxylic acids is 1. The smallest absolute Gasteiger partial charge is 0.244 e. The summed E-state index contributed by atoms with van der Waals surface area (Å²) < 4.78 is 5.25. The van der Waals surface area contributed by atoms with Gasteiger partial charge in [0.05, 0.1) is 6.61 Å². The molecule has 2 nitrogen and oxygen atoms in total. The molecule has 0 saturated carbocycles. The molecule has 0 radical (unpaired) electrons. The molecule has 3 heteroatoms. The number of allylic oxidation sites excluding steroid dienone is 1. The molecule has 0 aromatic carbocycles. The van der Waals surface area contributed by atoms with Crippen molar-refractivity contribution < 1.29 is 9.53 Å². The first kappa shape index (κ1) is 11.7. The summed E-state index contributed by atoms with van der Waals surface area (Å²) in [4.78, 5) is 10.2. The second-order valence-corrected chi connectivity index (χ2v) is 2.83. The Kier molecular flexibility index (Phi) is 8.51. The summed E-state index contributed by atoms with van der Waals surface area (Å²) in [6, 6.07) is 0. The van der Waals surface area contributed by atoms with Crippen molar-refractivity contribution in [1.82, 2.24) is 0 Å². The number of ether oxygens (including phenoxy) is 1. The number of rotatable bonds is 7. The van der Waals surface area contributed by atoms with Crippen LogP contribution in [0.15, 0.2) is 12.2 Å². The van der Waals surface area contributed by atoms with E-state index >= 15 is 0 Å². The van der Waals surface area contributed by atoms with Gasteiger partial charge >= 0.3 is 0 Å². The fraction of sp³-hybridized carbons (Fsp3) is 0.667. The van der Waals surface area contributed by atoms with Gasteiger partial charge in [0, 0.05) is 6.61 Å². The Balaban J connectivity index is 3.05. The van der Waals surface area contributed by atoms with Gasteiger partial charge in [0.1, 0.15) is 0 Å². The molecule has 0 unspecified atom stereocenters. The molecule has 0 saturated heterocycles. The lowest BCUT2D eigenvalue weighted by atomic mass is 10.3. The van der Waals surface area contributed by atoms with Gasteiger partial charge in [0.2, 0.25) is 5.24 Å². The van der Waals surface area contributed by atoms with Gasteiger partial charge in [0.25, 0.3) is 0 Å². The van der Waals surface area contributed by atoms with Gasteiger partial charge in [-0.05, 0) is 30.5 Å². The second kappa shape index (κ2) is 8.75. The van der Waals surface area contributed by atoms with Gasteiger partial charge in [-0.3, -0.25) is 4.79 Å². The highest BCUT2D eigenvalue weighted by molar-refractivity contribution is 6.66. The molecule has 0 heterocycles. The van der Waals surface area contributed by atoms with Gasteiger partial charge in [-0.2, -0.15) is 0 Å². The molecule has 12 heavy (non-hydrogen) atoms. The zero-order valence-corrected chi connectivity index (χ0v) is 8.14. The van der Waals surface area contributed by atoms with Crippen LogP contribution in [-0.4, -0.2) is 18.5 Å². The summed E-state index contributed by atoms with van der Waals surface area (Å²) in [5, 5.41) is -0.427. The topological polar surface area (TPSA) is 26.3 Å². The largest absolute Gasteiger partial charge is 0.381 e. The van der Waals surface area contributed by atoms with Crippen molar-refractivity contribution in [3.05, 3.63) is 12.2 Å². The van der Waals surface area contributed by atoms with Crippen LogP contribution in [-0.2, 0) is 9.53 Å². The van der Waals surface area contributed by atoms with Crippen LogP contribution >= 0.6 is 11.6 Å². The van der Waals surface area contributed by atoms with Crippen molar-refractivity contribution in [2.24, 2.45) is 0 Å². The molecule has 0 aliphatic carbocycles. The maximum absolute atomic E-state index is 10.2. The molecule has 0 aromatic heterocycles. The molecule has 0 atom stereocenters. The lowest BCUT2D eigenvalue weighted by Gasteiger charge is -1.98. The number of unbranched alkanes of at least 4 members (excludes halogenated alkanes) is 1. The maximum atomic E-state index is 10.2. The lowest BCUT2D eigenvalue weighted by Crippen LogP contribution is -1.95. The predicted molar refractivity (Wildman–Crippen MR) is 50.3 cm³/mol. The SMILES string of the molecule is CCCCOCC/C=C/C(=O)Cl. The van der Waals surface area contributed by atoms with E-state index in [9.17, 15) is 4.79 Å². The summed E-state index contributed by atoms with van der Waals surface area (Å²) in [5.74, 6) is 0. The van der Waals surface area contributed by atoms with Crippen LogP contribution < -0.4 is 0 Å². The Morgan fingerprint density at radius 2 is 2.25 bits per heavy atom. The summed E-state index contributed by atoms with van der Waals surface area (Å²) >= 11 is 5.07. The predicted octanol–water partition coefficient (Wildman–Crippen LogP) is 2.51. The summed E-state index contributed by atoms with van der Waals surface area (Å²) in [6.45, 7) is 3.59. The average molecular weight is 191 g/mol. The minimum atomic E-state index is -0.427. The van der Waals surface area contributed by atoms with Crippen LogP contribution in [0.2, 0.25) is 0 Å². The van der Waals surface area contributed by atoms with Crippen molar-refractivity contribution >= 4 is 16.8 Å². The Labute approximate surface area is 78.5 Å². The van der Waals surface area contributed by atoms with Gasteiger partial charge in [-0.25, -0.2) is 0 Å². The van der Waals surface area contributed by atoms with E-state index in [0.29, 0.717) is 6.61 Å². The number of carbonyl (C=O) groups is 1. The molecular formula is C9H15ClO2. The Hall–Kier alpha value is -0.340. The van der Waals surface area contributed by atoms with Crippen molar-refractivity contribution in [3.63, 3.8) is 0 Å². The average Bonchev–Trinajstić information content (AvgIpc) is 2.02.